The molecule has 0 unspecified atom stereocenters. The van der Waals surface area contributed by atoms with Crippen LogP contribution in [0.1, 0.15) is 62.9 Å². The minimum Gasteiger partial charge on any atom is -0.364 e. The molecular formula is C44H48ClF3N2. The second-order valence-corrected chi connectivity index (χ2v) is 14.1. The molecule has 0 amide bonds. The smallest absolute Gasteiger partial charge is 0.364 e. The lowest BCUT2D eigenvalue weighted by molar-refractivity contribution is -0.137. The fourth-order valence-corrected chi connectivity index (χ4v) is 7.22. The van der Waals surface area contributed by atoms with Gasteiger partial charge in [-0.3, -0.25) is 4.90 Å². The van der Waals surface area contributed by atoms with Gasteiger partial charge in [-0.25, -0.2) is 0 Å². The third-order valence-corrected chi connectivity index (χ3v) is 10.7. The van der Waals surface area contributed by atoms with Gasteiger partial charge in [-0.15, -0.1) is 12.4 Å². The zero-order chi connectivity index (χ0) is 34.9. The quantitative estimate of drug-likeness (QED) is 0.159. The fraction of sp³-hybridized carbons (Fsp3) is 0.318. The number of piperidine rings is 1. The second-order valence-electron chi connectivity index (χ2n) is 14.1. The molecular weight excluding hydrogens is 649 g/mol. The molecule has 50 heavy (non-hydrogen) atoms. The first-order chi connectivity index (χ1) is 23.4. The Kier molecular flexibility index (Phi) is 11.5. The van der Waals surface area contributed by atoms with Gasteiger partial charge in [-0.2, -0.15) is 13.2 Å². The minimum atomic E-state index is -4.36. The Labute approximate surface area is 302 Å². The van der Waals surface area contributed by atoms with Gasteiger partial charge in [0.05, 0.1) is 5.56 Å². The maximum Gasteiger partial charge on any atom is 0.416 e. The first-order valence-corrected chi connectivity index (χ1v) is 17.4. The van der Waals surface area contributed by atoms with Crippen LogP contribution in [0.25, 0.3) is 22.3 Å². The molecule has 0 aromatic heterocycles. The molecule has 0 bridgehead atoms. The molecule has 5 aromatic rings. The number of anilines is 1. The van der Waals surface area contributed by atoms with Gasteiger partial charge >= 0.3 is 6.18 Å². The van der Waals surface area contributed by atoms with Gasteiger partial charge in [0.25, 0.3) is 0 Å². The van der Waals surface area contributed by atoms with Crippen molar-refractivity contribution in [1.82, 2.24) is 4.90 Å². The molecule has 6 heteroatoms. The number of nitrogens with zero attached hydrogens (tertiary/aromatic N) is 2. The molecule has 5 aromatic carbocycles. The van der Waals surface area contributed by atoms with Crippen LogP contribution in [-0.2, 0) is 19.3 Å². The molecule has 6 rings (SSSR count). The standard InChI is InChI=1S/C44H47F3N2.ClH/c1-29-21-39(22-30(2)33(29)5)37-11-7-9-35(25-37)27-48-19-17-43(18-20-48)49(42-15-13-41(14-16-42)44(45,46)47)28-36-10-8-12-38(26-36)40-23-31(3)34(6)32(4)24-40;/h7-16,21-26,43H,17-20,27-28H2,1-6H3;1H. The zero-order valence-corrected chi connectivity index (χ0v) is 30.8. The molecule has 0 N–H and O–H groups in total. The van der Waals surface area contributed by atoms with E-state index in [9.17, 15) is 13.2 Å². The highest BCUT2D eigenvalue weighted by Gasteiger charge is 2.31. The molecule has 0 radical (unpaired) electrons. The predicted molar refractivity (Wildman–Crippen MR) is 205 cm³/mol. The summed E-state index contributed by atoms with van der Waals surface area (Å²) in [5.41, 5.74) is 15.3. The average Bonchev–Trinajstić information content (AvgIpc) is 3.08. The largest absolute Gasteiger partial charge is 0.416 e. The number of benzene rings is 5. The van der Waals surface area contributed by atoms with Crippen LogP contribution < -0.4 is 4.90 Å². The lowest BCUT2D eigenvalue weighted by Crippen LogP contribution is -2.44. The summed E-state index contributed by atoms with van der Waals surface area (Å²) < 4.78 is 40.5. The molecule has 1 aliphatic heterocycles. The first kappa shape index (κ1) is 37.2. The second kappa shape index (κ2) is 15.4. The number of likely N-dealkylation sites (tertiary alicyclic amines) is 1. The van der Waals surface area contributed by atoms with Crippen LogP contribution >= 0.6 is 12.4 Å². The molecule has 2 nitrogen and oxygen atoms in total. The van der Waals surface area contributed by atoms with Crippen molar-refractivity contribution in [3.8, 4) is 22.3 Å². The summed E-state index contributed by atoms with van der Waals surface area (Å²) in [5, 5.41) is 0. The van der Waals surface area contributed by atoms with E-state index in [1.807, 2.05) is 0 Å². The molecule has 0 atom stereocenters. The van der Waals surface area contributed by atoms with E-state index in [4.69, 9.17) is 0 Å². The average molecular weight is 697 g/mol. The van der Waals surface area contributed by atoms with E-state index in [1.165, 1.54) is 67.8 Å². The van der Waals surface area contributed by atoms with Crippen molar-refractivity contribution in [2.45, 2.75) is 79.7 Å². The Morgan fingerprint density at radius 2 is 1.06 bits per heavy atom. The predicted octanol–water partition coefficient (Wildman–Crippen LogP) is 12.0. The topological polar surface area (TPSA) is 6.48 Å². The highest BCUT2D eigenvalue weighted by Crippen LogP contribution is 2.34. The van der Waals surface area contributed by atoms with Gasteiger partial charge in [0.1, 0.15) is 0 Å². The van der Waals surface area contributed by atoms with Gasteiger partial charge in [-0.1, -0.05) is 60.7 Å². The van der Waals surface area contributed by atoms with Crippen molar-refractivity contribution < 1.29 is 13.2 Å². The lowest BCUT2D eigenvalue weighted by atomic mass is 9.95. The number of hydrogen-bond donors (Lipinski definition) is 0. The summed E-state index contributed by atoms with van der Waals surface area (Å²) >= 11 is 0. The van der Waals surface area contributed by atoms with Crippen molar-refractivity contribution in [1.29, 1.82) is 0 Å². The van der Waals surface area contributed by atoms with Crippen LogP contribution in [-0.4, -0.2) is 24.0 Å². The van der Waals surface area contributed by atoms with Crippen LogP contribution in [0.5, 0.6) is 0 Å². The molecule has 262 valence electrons. The minimum absolute atomic E-state index is 0. The molecule has 0 saturated carbocycles. The van der Waals surface area contributed by atoms with E-state index in [0.29, 0.717) is 6.54 Å². The number of rotatable bonds is 8. The van der Waals surface area contributed by atoms with Crippen LogP contribution in [0.3, 0.4) is 0 Å². The highest BCUT2D eigenvalue weighted by atomic mass is 35.5. The van der Waals surface area contributed by atoms with Gasteiger partial charge in [0, 0.05) is 37.9 Å². The van der Waals surface area contributed by atoms with E-state index in [2.05, 4.69) is 124 Å². The van der Waals surface area contributed by atoms with E-state index in [-0.39, 0.29) is 18.4 Å². The Bertz CT molecular complexity index is 1890. The number of halogens is 4. The SMILES string of the molecule is Cc1cc(-c2cccc(CN3CCC(N(Cc4cccc(-c5cc(C)c(C)c(C)c5)c4)c4ccc(C(F)(F)F)cc4)CC3)c2)cc(C)c1C.Cl. The first-order valence-electron chi connectivity index (χ1n) is 17.4. The van der Waals surface area contributed by atoms with Crippen LogP contribution in [0, 0.1) is 41.5 Å². The molecule has 1 heterocycles. The van der Waals surface area contributed by atoms with Gasteiger partial charge in [-0.05, 0) is 158 Å². The summed E-state index contributed by atoms with van der Waals surface area (Å²) in [7, 11) is 0. The molecule has 1 aliphatic rings. The summed E-state index contributed by atoms with van der Waals surface area (Å²) in [6.45, 7) is 16.3. The zero-order valence-electron chi connectivity index (χ0n) is 30.0. The normalized spacial score (nSPS) is 14.0. The van der Waals surface area contributed by atoms with E-state index in [0.717, 1.165) is 49.3 Å². The van der Waals surface area contributed by atoms with E-state index < -0.39 is 11.7 Å². The van der Waals surface area contributed by atoms with Crippen molar-refractivity contribution >= 4 is 18.1 Å². The maximum atomic E-state index is 13.5. The van der Waals surface area contributed by atoms with Crippen molar-refractivity contribution in [3.63, 3.8) is 0 Å². The number of aryl methyl sites for hydroxylation is 4. The van der Waals surface area contributed by atoms with Gasteiger partial charge < -0.3 is 4.90 Å². The van der Waals surface area contributed by atoms with Gasteiger partial charge in [0.2, 0.25) is 0 Å². The highest BCUT2D eigenvalue weighted by molar-refractivity contribution is 5.85. The van der Waals surface area contributed by atoms with Crippen LogP contribution in [0.4, 0.5) is 18.9 Å². The van der Waals surface area contributed by atoms with Crippen molar-refractivity contribution in [3.05, 3.63) is 147 Å². The molecule has 1 fully saturated rings. The van der Waals surface area contributed by atoms with Crippen molar-refractivity contribution in [2.75, 3.05) is 18.0 Å². The monoisotopic (exact) mass is 696 g/mol. The third-order valence-electron chi connectivity index (χ3n) is 10.7. The van der Waals surface area contributed by atoms with E-state index >= 15 is 0 Å². The summed E-state index contributed by atoms with van der Waals surface area (Å²) in [5.74, 6) is 0. The summed E-state index contributed by atoms with van der Waals surface area (Å²) in [6, 6.07) is 32.5. The lowest BCUT2D eigenvalue weighted by Gasteiger charge is -2.40. The molecule has 0 spiro atoms. The Balaban J connectivity index is 0.00000486. The van der Waals surface area contributed by atoms with Crippen LogP contribution in [0.2, 0.25) is 0 Å². The fourth-order valence-electron chi connectivity index (χ4n) is 7.22. The third kappa shape index (κ3) is 8.45. The van der Waals surface area contributed by atoms with Crippen molar-refractivity contribution in [2.24, 2.45) is 0 Å². The summed E-state index contributed by atoms with van der Waals surface area (Å²) in [6.07, 6.45) is -2.48. The Morgan fingerprint density at radius 1 is 0.600 bits per heavy atom. The maximum absolute atomic E-state index is 13.5. The molecule has 1 saturated heterocycles. The van der Waals surface area contributed by atoms with Crippen LogP contribution in [0.15, 0.2) is 97.1 Å². The summed E-state index contributed by atoms with van der Waals surface area (Å²) in [4.78, 5) is 4.83. The van der Waals surface area contributed by atoms with E-state index in [1.54, 1.807) is 12.1 Å². The van der Waals surface area contributed by atoms with Gasteiger partial charge in [0.15, 0.2) is 0 Å². The molecule has 0 aliphatic carbocycles. The number of alkyl halides is 3. The Morgan fingerprint density at radius 3 is 1.54 bits per heavy atom. The number of hydrogen-bond acceptors (Lipinski definition) is 2. The Hall–Kier alpha value is -4.06.